The fourth-order valence-corrected chi connectivity index (χ4v) is 3.95. The molecule has 20 heavy (non-hydrogen) atoms. The van der Waals surface area contributed by atoms with E-state index in [-0.39, 0.29) is 6.42 Å². The van der Waals surface area contributed by atoms with Crippen LogP contribution in [0.1, 0.15) is 46.0 Å². The van der Waals surface area contributed by atoms with Crippen molar-refractivity contribution in [2.45, 2.75) is 57.1 Å². The summed E-state index contributed by atoms with van der Waals surface area (Å²) < 4.78 is 22.2. The van der Waals surface area contributed by atoms with Crippen LogP contribution in [0.15, 0.2) is 0 Å². The van der Waals surface area contributed by atoms with E-state index < -0.39 is 26.7 Å². The maximum atomic E-state index is 11.1. The van der Waals surface area contributed by atoms with Crippen LogP contribution in [-0.2, 0) is 9.13 Å². The molecular weight excluding hydrogens is 308 g/mol. The second-order valence-electron chi connectivity index (χ2n) is 5.14. The van der Waals surface area contributed by atoms with E-state index in [1.807, 2.05) is 13.8 Å². The first-order valence-electron chi connectivity index (χ1n) is 6.49. The molecular formula is C10H25NO7P2. The van der Waals surface area contributed by atoms with Crippen molar-refractivity contribution in [1.29, 1.82) is 0 Å². The Morgan fingerprint density at radius 2 is 1.40 bits per heavy atom. The van der Waals surface area contributed by atoms with Crippen molar-refractivity contribution < 1.29 is 33.8 Å². The van der Waals surface area contributed by atoms with Gasteiger partial charge in [0.25, 0.3) is 5.08 Å². The van der Waals surface area contributed by atoms with Crippen molar-refractivity contribution in [1.82, 2.24) is 5.32 Å². The van der Waals surface area contributed by atoms with E-state index in [0.29, 0.717) is 12.5 Å². The molecule has 0 bridgehead atoms. The number of hydrogen-bond acceptors (Lipinski definition) is 4. The average Bonchev–Trinajstić information content (AvgIpc) is 2.23. The van der Waals surface area contributed by atoms with E-state index in [1.165, 1.54) is 0 Å². The lowest BCUT2D eigenvalue weighted by atomic mass is 10.1. The van der Waals surface area contributed by atoms with E-state index in [2.05, 4.69) is 5.32 Å². The van der Waals surface area contributed by atoms with Crippen LogP contribution in [0, 0.1) is 0 Å². The quantitative estimate of drug-likeness (QED) is 0.256. The molecule has 0 aromatic heterocycles. The van der Waals surface area contributed by atoms with Gasteiger partial charge in [-0.25, -0.2) is 0 Å². The zero-order chi connectivity index (χ0) is 16.0. The van der Waals surface area contributed by atoms with Crippen LogP contribution in [0.3, 0.4) is 0 Å². The Morgan fingerprint density at radius 1 is 0.950 bits per heavy atom. The van der Waals surface area contributed by atoms with E-state index in [1.54, 1.807) is 0 Å². The molecule has 0 aliphatic rings. The van der Waals surface area contributed by atoms with Crippen molar-refractivity contribution in [3.63, 3.8) is 0 Å². The fraction of sp³-hybridized carbons (Fsp3) is 1.00. The topological polar surface area (TPSA) is 147 Å². The third kappa shape index (κ3) is 6.33. The molecule has 0 aliphatic carbocycles. The second-order valence-corrected chi connectivity index (χ2v) is 9.14. The van der Waals surface area contributed by atoms with Gasteiger partial charge >= 0.3 is 15.2 Å². The van der Waals surface area contributed by atoms with Crippen LogP contribution >= 0.6 is 15.2 Å². The normalized spacial score (nSPS) is 14.0. The van der Waals surface area contributed by atoms with Crippen molar-refractivity contribution in [3.8, 4) is 0 Å². The molecule has 0 fully saturated rings. The molecule has 0 atom stereocenters. The average molecular weight is 333 g/mol. The van der Waals surface area contributed by atoms with Gasteiger partial charge in [-0.05, 0) is 25.8 Å². The van der Waals surface area contributed by atoms with Gasteiger partial charge in [0, 0.05) is 6.04 Å². The van der Waals surface area contributed by atoms with Gasteiger partial charge in [0.05, 0.1) is 0 Å². The number of aliphatic hydroxyl groups is 1. The minimum atomic E-state index is -5.30. The van der Waals surface area contributed by atoms with Crippen LogP contribution in [-0.4, -0.2) is 42.3 Å². The van der Waals surface area contributed by atoms with E-state index in [0.717, 1.165) is 19.4 Å². The van der Waals surface area contributed by atoms with Crippen molar-refractivity contribution in [2.75, 3.05) is 6.54 Å². The number of unbranched alkanes of at least 4 members (excludes halogenated alkanes) is 3. The lowest BCUT2D eigenvalue weighted by molar-refractivity contribution is 0.120. The highest BCUT2D eigenvalue weighted by molar-refractivity contribution is 7.72. The summed E-state index contributed by atoms with van der Waals surface area (Å²) in [7, 11) is -10.6. The van der Waals surface area contributed by atoms with Gasteiger partial charge in [-0.2, -0.15) is 0 Å². The molecule has 0 amide bonds. The summed E-state index contributed by atoms with van der Waals surface area (Å²) in [6.45, 7) is 4.83. The van der Waals surface area contributed by atoms with E-state index in [4.69, 9.17) is 19.6 Å². The minimum absolute atomic E-state index is 0.133. The Kier molecular flexibility index (Phi) is 8.10. The van der Waals surface area contributed by atoms with Gasteiger partial charge in [0.1, 0.15) is 0 Å². The van der Waals surface area contributed by atoms with Gasteiger partial charge in [-0.15, -0.1) is 0 Å². The zero-order valence-electron chi connectivity index (χ0n) is 11.8. The molecule has 0 heterocycles. The molecule has 0 aromatic carbocycles. The Labute approximate surface area is 118 Å². The lowest BCUT2D eigenvalue weighted by Crippen LogP contribution is -2.28. The Bertz CT molecular complexity index is 354. The van der Waals surface area contributed by atoms with Gasteiger partial charge in [-0.1, -0.05) is 26.7 Å². The molecule has 0 spiro atoms. The van der Waals surface area contributed by atoms with Gasteiger partial charge < -0.3 is 30.0 Å². The maximum absolute atomic E-state index is 11.1. The molecule has 0 aromatic rings. The van der Waals surface area contributed by atoms with E-state index >= 15 is 0 Å². The number of hydrogen-bond donors (Lipinski definition) is 6. The van der Waals surface area contributed by atoms with Crippen LogP contribution in [0.2, 0.25) is 0 Å². The molecule has 6 N–H and O–H groups in total. The number of rotatable bonds is 10. The standard InChI is InChI=1S/C10H25NO7P2/c1-9(2)11-8-6-4-3-5-7-10(12,19(13,14)15)20(16,17)18/h9,11-12H,3-8H2,1-2H3,(H2,13,14,15)(H2,16,17,18). The minimum Gasteiger partial charge on any atom is -0.368 e. The lowest BCUT2D eigenvalue weighted by Gasteiger charge is -2.29. The van der Waals surface area contributed by atoms with Gasteiger partial charge in [-0.3, -0.25) is 9.13 Å². The first-order valence-corrected chi connectivity index (χ1v) is 9.71. The molecule has 0 radical (unpaired) electrons. The van der Waals surface area contributed by atoms with Crippen molar-refractivity contribution >= 4 is 15.2 Å². The molecule has 10 heteroatoms. The van der Waals surface area contributed by atoms with Gasteiger partial charge in [0.15, 0.2) is 0 Å². The molecule has 0 rings (SSSR count). The first kappa shape index (κ1) is 20.2. The van der Waals surface area contributed by atoms with Crippen molar-refractivity contribution in [2.24, 2.45) is 0 Å². The second kappa shape index (κ2) is 8.01. The van der Waals surface area contributed by atoms with E-state index in [9.17, 15) is 14.2 Å². The summed E-state index contributed by atoms with van der Waals surface area (Å²) in [4.78, 5) is 35.7. The Morgan fingerprint density at radius 3 is 1.80 bits per heavy atom. The third-order valence-corrected chi connectivity index (χ3v) is 6.80. The molecule has 0 saturated carbocycles. The summed E-state index contributed by atoms with van der Waals surface area (Å²) in [6.07, 6.45) is 1.64. The van der Waals surface area contributed by atoms with Gasteiger partial charge in [0.2, 0.25) is 0 Å². The highest BCUT2D eigenvalue weighted by Crippen LogP contribution is 2.69. The summed E-state index contributed by atoms with van der Waals surface area (Å²) >= 11 is 0. The van der Waals surface area contributed by atoms with Crippen molar-refractivity contribution in [3.05, 3.63) is 0 Å². The fourth-order valence-electron chi connectivity index (χ4n) is 1.69. The molecule has 8 nitrogen and oxygen atoms in total. The SMILES string of the molecule is CC(C)NCCCCCCC(O)(P(=O)(O)O)P(=O)(O)O. The molecule has 0 saturated heterocycles. The number of nitrogens with one attached hydrogen (secondary N) is 1. The highest BCUT2D eigenvalue weighted by Gasteiger charge is 2.58. The Hall–Kier alpha value is 0.220. The summed E-state index contributed by atoms with van der Waals surface area (Å²) in [5, 5.41) is 9.56. The predicted molar refractivity (Wildman–Crippen MR) is 75.3 cm³/mol. The smallest absolute Gasteiger partial charge is 0.368 e. The highest BCUT2D eigenvalue weighted by atomic mass is 31.2. The maximum Gasteiger partial charge on any atom is 0.369 e. The summed E-state index contributed by atoms with van der Waals surface area (Å²) in [6, 6.07) is 0.379. The largest absolute Gasteiger partial charge is 0.369 e. The molecule has 122 valence electrons. The van der Waals surface area contributed by atoms with Crippen LogP contribution in [0.4, 0.5) is 0 Å². The Balaban J connectivity index is 4.20. The molecule has 0 unspecified atom stereocenters. The molecule has 0 aliphatic heterocycles. The predicted octanol–water partition coefficient (Wildman–Crippen LogP) is 0.936. The van der Waals surface area contributed by atoms with Crippen LogP contribution in [0.5, 0.6) is 0 Å². The summed E-state index contributed by atoms with van der Waals surface area (Å²) in [5.41, 5.74) is 0. The third-order valence-electron chi connectivity index (χ3n) is 2.92. The zero-order valence-corrected chi connectivity index (χ0v) is 13.6. The first-order chi connectivity index (χ1) is 8.92. The van der Waals surface area contributed by atoms with Crippen LogP contribution < -0.4 is 5.32 Å². The van der Waals surface area contributed by atoms with Crippen LogP contribution in [0.25, 0.3) is 0 Å². The summed E-state index contributed by atoms with van der Waals surface area (Å²) in [5.74, 6) is 0. The monoisotopic (exact) mass is 333 g/mol.